The number of hydrogen-bond acceptors (Lipinski definition) is 7. The number of primary amides is 1. The van der Waals surface area contributed by atoms with Crippen LogP contribution in [0.2, 0.25) is 0 Å². The molecule has 0 aliphatic carbocycles. The number of benzene rings is 1. The summed E-state index contributed by atoms with van der Waals surface area (Å²) in [7, 11) is 0. The molecule has 176 valence electrons. The first-order valence-corrected chi connectivity index (χ1v) is 10.7. The summed E-state index contributed by atoms with van der Waals surface area (Å²) in [4.78, 5) is 29.6. The molecule has 0 radical (unpaired) electrons. The van der Waals surface area contributed by atoms with Crippen molar-refractivity contribution in [3.8, 4) is 29.0 Å². The van der Waals surface area contributed by atoms with E-state index in [1.807, 2.05) is 20.8 Å². The fourth-order valence-electron chi connectivity index (χ4n) is 3.57. The lowest BCUT2D eigenvalue weighted by molar-refractivity contribution is 0.0896. The average Bonchev–Trinajstić information content (AvgIpc) is 3.31. The zero-order chi connectivity index (χ0) is 24.6. The van der Waals surface area contributed by atoms with Crippen molar-refractivity contribution in [2.75, 3.05) is 6.61 Å². The van der Waals surface area contributed by atoms with E-state index in [0.717, 1.165) is 0 Å². The van der Waals surface area contributed by atoms with E-state index in [1.165, 1.54) is 0 Å². The topological polar surface area (TPSA) is 146 Å². The van der Waals surface area contributed by atoms with Crippen molar-refractivity contribution >= 4 is 11.8 Å². The van der Waals surface area contributed by atoms with E-state index in [-0.39, 0.29) is 18.0 Å². The Morgan fingerprint density at radius 1 is 1.29 bits per heavy atom. The number of ether oxygens (including phenoxy) is 1. The SMILES string of the molecule is Cc1cc(C(O)C#Cc2ccc3c(c2)-c2nc(C(N)=O)c(C(=O)NC(C)(C)C)n2CCO3)no1. The number of rotatable bonds is 3. The maximum atomic E-state index is 13.0. The summed E-state index contributed by atoms with van der Waals surface area (Å²) in [5.74, 6) is 5.85. The molecule has 1 aliphatic rings. The van der Waals surface area contributed by atoms with Crippen LogP contribution in [0.5, 0.6) is 5.75 Å². The van der Waals surface area contributed by atoms with Crippen LogP contribution in [0, 0.1) is 18.8 Å². The summed E-state index contributed by atoms with van der Waals surface area (Å²) in [6.45, 7) is 7.80. The van der Waals surface area contributed by atoms with E-state index in [0.29, 0.717) is 40.7 Å². The molecule has 1 aromatic carbocycles. The fourth-order valence-corrected chi connectivity index (χ4v) is 3.57. The van der Waals surface area contributed by atoms with Gasteiger partial charge in [0.2, 0.25) is 0 Å². The van der Waals surface area contributed by atoms with Gasteiger partial charge in [-0.15, -0.1) is 0 Å². The standard InChI is InChI=1S/C24H25N5O5/c1-13-11-16(28-34-13)17(30)7-5-14-6-8-18-15(12-14)22-26-19(21(25)31)20(29(22)9-10-33-18)23(32)27-24(2,3)4/h6,8,11-12,17,30H,9-10H2,1-4H3,(H2,25,31)(H,27,32). The van der Waals surface area contributed by atoms with Gasteiger partial charge in [0.25, 0.3) is 11.8 Å². The van der Waals surface area contributed by atoms with Gasteiger partial charge in [-0.3, -0.25) is 9.59 Å². The second-order valence-corrected chi connectivity index (χ2v) is 8.95. The molecule has 1 unspecified atom stereocenters. The highest BCUT2D eigenvalue weighted by Crippen LogP contribution is 2.34. The molecule has 2 amide bonds. The third-order valence-electron chi connectivity index (χ3n) is 4.98. The quantitative estimate of drug-likeness (QED) is 0.503. The number of fused-ring (bicyclic) bond motifs is 3. The van der Waals surface area contributed by atoms with E-state index in [4.69, 9.17) is 15.0 Å². The van der Waals surface area contributed by atoms with Gasteiger partial charge in [-0.25, -0.2) is 4.98 Å². The van der Waals surface area contributed by atoms with Gasteiger partial charge in [0.1, 0.15) is 35.3 Å². The molecule has 34 heavy (non-hydrogen) atoms. The molecule has 3 heterocycles. The molecule has 0 spiro atoms. The van der Waals surface area contributed by atoms with Crippen LogP contribution < -0.4 is 15.8 Å². The number of aliphatic hydroxyl groups is 1. The first-order chi connectivity index (χ1) is 16.0. The van der Waals surface area contributed by atoms with E-state index >= 15 is 0 Å². The Morgan fingerprint density at radius 3 is 2.71 bits per heavy atom. The minimum Gasteiger partial charge on any atom is -0.491 e. The summed E-state index contributed by atoms with van der Waals surface area (Å²) in [6, 6.07) is 6.81. The average molecular weight is 463 g/mol. The third kappa shape index (κ3) is 4.65. The Bertz CT molecular complexity index is 1340. The Labute approximate surface area is 196 Å². The Kier molecular flexibility index (Phi) is 5.89. The van der Waals surface area contributed by atoms with E-state index < -0.39 is 23.5 Å². The molecule has 1 atom stereocenters. The maximum Gasteiger partial charge on any atom is 0.270 e. The minimum absolute atomic E-state index is 0.0854. The van der Waals surface area contributed by atoms with E-state index in [9.17, 15) is 14.7 Å². The molecule has 4 N–H and O–H groups in total. The summed E-state index contributed by atoms with van der Waals surface area (Å²) < 4.78 is 12.5. The monoisotopic (exact) mass is 463 g/mol. The molecule has 3 aromatic rings. The minimum atomic E-state index is -1.12. The second-order valence-electron chi connectivity index (χ2n) is 8.95. The Morgan fingerprint density at radius 2 is 2.06 bits per heavy atom. The van der Waals surface area contributed by atoms with Crippen molar-refractivity contribution in [2.45, 2.75) is 45.9 Å². The van der Waals surface area contributed by atoms with Crippen LogP contribution in [0.1, 0.15) is 64.9 Å². The zero-order valence-corrected chi connectivity index (χ0v) is 19.3. The lowest BCUT2D eigenvalue weighted by Gasteiger charge is -2.21. The van der Waals surface area contributed by atoms with Crippen LogP contribution in [0.4, 0.5) is 0 Å². The number of imidazole rings is 1. The largest absolute Gasteiger partial charge is 0.491 e. The molecule has 4 rings (SSSR count). The van der Waals surface area contributed by atoms with Gasteiger partial charge in [-0.2, -0.15) is 0 Å². The number of amides is 2. The van der Waals surface area contributed by atoms with Crippen molar-refractivity contribution < 1.29 is 24.0 Å². The smallest absolute Gasteiger partial charge is 0.270 e. The van der Waals surface area contributed by atoms with Gasteiger partial charge in [0.15, 0.2) is 11.8 Å². The van der Waals surface area contributed by atoms with Crippen molar-refractivity contribution in [1.29, 1.82) is 0 Å². The highest BCUT2D eigenvalue weighted by atomic mass is 16.5. The molecular weight excluding hydrogens is 438 g/mol. The van der Waals surface area contributed by atoms with Crippen LogP contribution in [0.15, 0.2) is 28.8 Å². The molecule has 0 saturated carbocycles. The number of hydrogen-bond donors (Lipinski definition) is 3. The molecule has 2 aromatic heterocycles. The predicted molar refractivity (Wildman–Crippen MR) is 122 cm³/mol. The summed E-state index contributed by atoms with van der Waals surface area (Å²) >= 11 is 0. The maximum absolute atomic E-state index is 13.0. The number of nitrogens with one attached hydrogen (secondary N) is 1. The molecular formula is C24H25N5O5. The number of aromatic nitrogens is 3. The molecule has 10 heteroatoms. The van der Waals surface area contributed by atoms with Crippen LogP contribution >= 0.6 is 0 Å². The molecule has 0 bridgehead atoms. The van der Waals surface area contributed by atoms with E-state index in [2.05, 4.69) is 27.3 Å². The number of carbonyl (C=O) groups is 2. The van der Waals surface area contributed by atoms with Crippen LogP contribution in [0.3, 0.4) is 0 Å². The van der Waals surface area contributed by atoms with Crippen molar-refractivity contribution in [3.63, 3.8) is 0 Å². The lowest BCUT2D eigenvalue weighted by atomic mass is 10.1. The summed E-state index contributed by atoms with van der Waals surface area (Å²) in [5, 5.41) is 16.9. The van der Waals surface area contributed by atoms with Gasteiger partial charge in [0, 0.05) is 17.2 Å². The van der Waals surface area contributed by atoms with Gasteiger partial charge in [-0.05, 0) is 45.9 Å². The fraction of sp³-hybridized carbons (Fsp3) is 0.333. The van der Waals surface area contributed by atoms with Crippen LogP contribution in [0.25, 0.3) is 11.4 Å². The van der Waals surface area contributed by atoms with E-state index in [1.54, 1.807) is 35.8 Å². The van der Waals surface area contributed by atoms with Gasteiger partial charge in [-0.1, -0.05) is 17.0 Å². The van der Waals surface area contributed by atoms with Crippen LogP contribution in [-0.4, -0.2) is 43.8 Å². The molecule has 0 saturated heterocycles. The summed E-state index contributed by atoms with van der Waals surface area (Å²) in [6.07, 6.45) is -1.12. The number of aliphatic hydroxyl groups excluding tert-OH is 1. The first kappa shape index (κ1) is 23.1. The van der Waals surface area contributed by atoms with Gasteiger partial charge >= 0.3 is 0 Å². The normalized spacial score (nSPS) is 13.4. The number of nitrogens with two attached hydrogens (primary N) is 1. The van der Waals surface area contributed by atoms with Crippen molar-refractivity contribution in [3.05, 3.63) is 52.7 Å². The second kappa shape index (κ2) is 8.68. The van der Waals surface area contributed by atoms with Gasteiger partial charge < -0.3 is 30.0 Å². The van der Waals surface area contributed by atoms with Crippen LogP contribution in [-0.2, 0) is 6.54 Å². The predicted octanol–water partition coefficient (Wildman–Crippen LogP) is 1.95. The molecule has 0 fully saturated rings. The first-order valence-electron chi connectivity index (χ1n) is 10.7. The number of aryl methyl sites for hydroxylation is 1. The molecule has 10 nitrogen and oxygen atoms in total. The number of nitrogens with zero attached hydrogens (tertiary/aromatic N) is 3. The highest BCUT2D eigenvalue weighted by molar-refractivity contribution is 6.05. The highest BCUT2D eigenvalue weighted by Gasteiger charge is 2.31. The third-order valence-corrected chi connectivity index (χ3v) is 4.98. The number of carbonyl (C=O) groups excluding carboxylic acids is 2. The Balaban J connectivity index is 1.77. The Hall–Kier alpha value is -4.10. The summed E-state index contributed by atoms with van der Waals surface area (Å²) in [5.41, 5.74) is 6.45. The molecule has 1 aliphatic heterocycles. The van der Waals surface area contributed by atoms with Crippen molar-refractivity contribution in [2.24, 2.45) is 5.73 Å². The van der Waals surface area contributed by atoms with Crippen molar-refractivity contribution in [1.82, 2.24) is 20.0 Å². The lowest BCUT2D eigenvalue weighted by Crippen LogP contribution is -2.42. The zero-order valence-electron chi connectivity index (χ0n) is 19.3. The van der Waals surface area contributed by atoms with Gasteiger partial charge in [0.05, 0.1) is 12.1 Å².